The summed E-state index contributed by atoms with van der Waals surface area (Å²) in [5.41, 5.74) is 8.08. The molecule has 3 N–H and O–H groups in total. The van der Waals surface area contributed by atoms with Crippen molar-refractivity contribution in [2.75, 3.05) is 31.8 Å². The molecule has 0 atom stereocenters. The molecule has 0 spiro atoms. The number of benzene rings is 1. The number of aromatic nitrogens is 3. The summed E-state index contributed by atoms with van der Waals surface area (Å²) in [6, 6.07) is 3.55. The van der Waals surface area contributed by atoms with Gasteiger partial charge in [0.1, 0.15) is 23.1 Å². The van der Waals surface area contributed by atoms with Crippen LogP contribution >= 0.6 is 11.6 Å². The van der Waals surface area contributed by atoms with Crippen LogP contribution in [-0.2, 0) is 0 Å². The Labute approximate surface area is 168 Å². The number of nitrogens with one attached hydrogen (secondary N) is 1. The van der Waals surface area contributed by atoms with Gasteiger partial charge in [-0.2, -0.15) is 0 Å². The van der Waals surface area contributed by atoms with E-state index in [2.05, 4.69) is 10.3 Å². The summed E-state index contributed by atoms with van der Waals surface area (Å²) in [5.74, 6) is 3.48. The minimum absolute atomic E-state index is 0.426. The van der Waals surface area contributed by atoms with E-state index in [0.29, 0.717) is 45.2 Å². The van der Waals surface area contributed by atoms with Gasteiger partial charge in [-0.05, 0) is 31.7 Å². The van der Waals surface area contributed by atoms with E-state index in [1.54, 1.807) is 32.5 Å². The van der Waals surface area contributed by atoms with Crippen molar-refractivity contribution in [3.63, 3.8) is 0 Å². The number of methoxy groups -OCH3 is 2. The molecule has 8 heteroatoms. The molecule has 0 unspecified atom stereocenters. The van der Waals surface area contributed by atoms with Gasteiger partial charge >= 0.3 is 0 Å². The number of halogens is 1. The van der Waals surface area contributed by atoms with E-state index in [9.17, 15) is 0 Å². The van der Waals surface area contributed by atoms with Crippen molar-refractivity contribution in [1.29, 1.82) is 0 Å². The van der Waals surface area contributed by atoms with Crippen LogP contribution in [0.25, 0.3) is 22.3 Å². The van der Waals surface area contributed by atoms with Crippen LogP contribution in [0.4, 0.5) is 11.6 Å². The number of ether oxygens (including phenoxy) is 2. The molecule has 146 valence electrons. The summed E-state index contributed by atoms with van der Waals surface area (Å²) in [7, 11) is 3.17. The van der Waals surface area contributed by atoms with Gasteiger partial charge in [-0.15, -0.1) is 0 Å². The second-order valence-electron chi connectivity index (χ2n) is 6.94. The number of hydrogen-bond donors (Lipinski definition) is 2. The Bertz CT molecular complexity index is 1020. The van der Waals surface area contributed by atoms with Crippen LogP contribution in [0, 0.1) is 12.8 Å². The van der Waals surface area contributed by atoms with Crippen molar-refractivity contribution in [2.45, 2.75) is 19.8 Å². The topological polar surface area (TPSA) is 95.2 Å². The Kier molecular flexibility index (Phi) is 4.85. The van der Waals surface area contributed by atoms with Crippen LogP contribution in [0.1, 0.15) is 18.4 Å². The molecule has 0 bridgehead atoms. The molecule has 1 aliphatic carbocycles. The molecule has 1 fully saturated rings. The normalized spacial score (nSPS) is 13.6. The number of nitrogens with two attached hydrogens (primary N) is 1. The molecular formula is C20H22ClN5O2. The molecule has 4 rings (SSSR count). The Hall–Kier alpha value is -2.80. The van der Waals surface area contributed by atoms with Crippen molar-refractivity contribution in [1.82, 2.24) is 15.0 Å². The van der Waals surface area contributed by atoms with Gasteiger partial charge in [0.25, 0.3) is 0 Å². The molecule has 7 nitrogen and oxygen atoms in total. The highest BCUT2D eigenvalue weighted by molar-refractivity contribution is 6.35. The summed E-state index contributed by atoms with van der Waals surface area (Å²) in [4.78, 5) is 13.7. The van der Waals surface area contributed by atoms with Crippen LogP contribution < -0.4 is 20.5 Å². The van der Waals surface area contributed by atoms with E-state index in [4.69, 9.17) is 36.8 Å². The molecule has 0 radical (unpaired) electrons. The quantitative estimate of drug-likeness (QED) is 0.644. The van der Waals surface area contributed by atoms with Crippen molar-refractivity contribution in [2.24, 2.45) is 5.92 Å². The number of anilines is 2. The van der Waals surface area contributed by atoms with Gasteiger partial charge < -0.3 is 20.5 Å². The zero-order valence-corrected chi connectivity index (χ0v) is 16.8. The van der Waals surface area contributed by atoms with Crippen LogP contribution in [0.5, 0.6) is 11.5 Å². The number of fused-ring (bicyclic) bond motifs is 1. The number of hydrogen-bond acceptors (Lipinski definition) is 7. The summed E-state index contributed by atoms with van der Waals surface area (Å²) in [5, 5.41) is 4.72. The minimum Gasteiger partial charge on any atom is -0.496 e. The summed E-state index contributed by atoms with van der Waals surface area (Å²) in [6.07, 6.45) is 4.13. The predicted octanol–water partition coefficient (Wildman–Crippen LogP) is 4.07. The first-order chi connectivity index (χ1) is 13.5. The lowest BCUT2D eigenvalue weighted by Gasteiger charge is -2.16. The third kappa shape index (κ3) is 3.38. The smallest absolute Gasteiger partial charge is 0.164 e. The number of rotatable bonds is 6. The summed E-state index contributed by atoms with van der Waals surface area (Å²) in [6.45, 7) is 2.79. The van der Waals surface area contributed by atoms with Crippen molar-refractivity contribution >= 4 is 34.1 Å². The number of nitrogens with zero attached hydrogens (tertiary/aromatic N) is 3. The van der Waals surface area contributed by atoms with Crippen LogP contribution in [-0.4, -0.2) is 35.7 Å². The third-order valence-corrected chi connectivity index (χ3v) is 5.34. The fraction of sp³-hybridized carbons (Fsp3) is 0.350. The average molecular weight is 400 g/mol. The SMILES string of the molecule is COc1cc(OC)c(Cl)c(-c2nc(NCC3CC3)c3cc(N)ncc3n2)c1C. The van der Waals surface area contributed by atoms with Crippen LogP contribution in [0.2, 0.25) is 5.02 Å². The van der Waals surface area contributed by atoms with E-state index in [1.807, 2.05) is 6.92 Å². The molecule has 0 amide bonds. The lowest BCUT2D eigenvalue weighted by Crippen LogP contribution is -2.08. The maximum atomic E-state index is 6.63. The zero-order valence-electron chi connectivity index (χ0n) is 16.0. The molecule has 1 aromatic carbocycles. The largest absolute Gasteiger partial charge is 0.496 e. The first kappa shape index (κ1) is 18.6. The molecule has 0 aliphatic heterocycles. The molecule has 2 aromatic heterocycles. The first-order valence-corrected chi connectivity index (χ1v) is 9.48. The number of nitrogen functional groups attached to an aromatic ring is 1. The van der Waals surface area contributed by atoms with Gasteiger partial charge in [0.05, 0.1) is 31.0 Å². The molecule has 28 heavy (non-hydrogen) atoms. The second-order valence-corrected chi connectivity index (χ2v) is 7.32. The number of pyridine rings is 1. The predicted molar refractivity (Wildman–Crippen MR) is 111 cm³/mol. The highest BCUT2D eigenvalue weighted by Gasteiger charge is 2.23. The van der Waals surface area contributed by atoms with Gasteiger partial charge in [0.2, 0.25) is 0 Å². The summed E-state index contributed by atoms with van der Waals surface area (Å²) < 4.78 is 10.9. The Morgan fingerprint density at radius 2 is 1.93 bits per heavy atom. The second kappa shape index (κ2) is 7.31. The molecule has 1 saturated carbocycles. The monoisotopic (exact) mass is 399 g/mol. The van der Waals surface area contributed by atoms with Crippen molar-refractivity contribution < 1.29 is 9.47 Å². The maximum absolute atomic E-state index is 6.63. The van der Waals surface area contributed by atoms with Gasteiger partial charge in [0, 0.05) is 29.1 Å². The van der Waals surface area contributed by atoms with E-state index in [1.165, 1.54) is 12.8 Å². The van der Waals surface area contributed by atoms with Gasteiger partial charge in [-0.3, -0.25) is 0 Å². The lowest BCUT2D eigenvalue weighted by molar-refractivity contribution is 0.393. The van der Waals surface area contributed by atoms with Crippen molar-refractivity contribution in [3.05, 3.63) is 28.9 Å². The Balaban J connectivity index is 1.92. The first-order valence-electron chi connectivity index (χ1n) is 9.10. The third-order valence-electron chi connectivity index (χ3n) is 4.96. The zero-order chi connectivity index (χ0) is 19.8. The molecule has 0 saturated heterocycles. The van der Waals surface area contributed by atoms with E-state index < -0.39 is 0 Å². The standard InChI is InChI=1S/C20H22ClN5O2/c1-10-14(27-2)7-15(28-3)18(21)17(10)20-25-13-9-23-16(22)6-12(13)19(26-20)24-8-11-4-5-11/h6-7,9,11H,4-5,8H2,1-3H3,(H2,22,23)(H,24,25,26). The van der Waals surface area contributed by atoms with Gasteiger partial charge in [-0.25, -0.2) is 15.0 Å². The Morgan fingerprint density at radius 1 is 1.18 bits per heavy atom. The fourth-order valence-electron chi connectivity index (χ4n) is 3.19. The molecular weight excluding hydrogens is 378 g/mol. The van der Waals surface area contributed by atoms with Crippen LogP contribution in [0.15, 0.2) is 18.3 Å². The van der Waals surface area contributed by atoms with Crippen LogP contribution in [0.3, 0.4) is 0 Å². The average Bonchev–Trinajstić information content (AvgIpc) is 3.51. The van der Waals surface area contributed by atoms with E-state index in [-0.39, 0.29) is 0 Å². The van der Waals surface area contributed by atoms with Gasteiger partial charge in [-0.1, -0.05) is 11.6 Å². The minimum atomic E-state index is 0.426. The molecule has 1 aliphatic rings. The van der Waals surface area contributed by atoms with Crippen molar-refractivity contribution in [3.8, 4) is 22.9 Å². The highest BCUT2D eigenvalue weighted by atomic mass is 35.5. The molecule has 2 heterocycles. The highest BCUT2D eigenvalue weighted by Crippen LogP contribution is 2.42. The van der Waals surface area contributed by atoms with E-state index >= 15 is 0 Å². The Morgan fingerprint density at radius 3 is 2.61 bits per heavy atom. The van der Waals surface area contributed by atoms with Gasteiger partial charge in [0.15, 0.2) is 5.82 Å². The maximum Gasteiger partial charge on any atom is 0.164 e. The summed E-state index contributed by atoms with van der Waals surface area (Å²) >= 11 is 6.63. The fourth-order valence-corrected chi connectivity index (χ4v) is 3.54. The molecule has 3 aromatic rings. The lowest BCUT2D eigenvalue weighted by atomic mass is 10.1. The van der Waals surface area contributed by atoms with E-state index in [0.717, 1.165) is 23.3 Å².